The molecule has 2 aromatic rings. The van der Waals surface area contributed by atoms with E-state index in [1.54, 1.807) is 0 Å². The highest BCUT2D eigenvalue weighted by atomic mass is 35.5. The average molecular weight is 311 g/mol. The summed E-state index contributed by atoms with van der Waals surface area (Å²) in [4.78, 5) is 0. The van der Waals surface area contributed by atoms with Crippen molar-refractivity contribution in [3.63, 3.8) is 0 Å². The molecule has 0 saturated carbocycles. The molecule has 0 unspecified atom stereocenters. The van der Waals surface area contributed by atoms with E-state index in [9.17, 15) is 0 Å². The molecule has 1 heteroatoms. The molecular formula is C21H23Cl. The second-order valence-corrected chi connectivity index (χ2v) is 5.91. The van der Waals surface area contributed by atoms with Crippen LogP contribution in [0.25, 0.3) is 11.1 Å². The van der Waals surface area contributed by atoms with E-state index in [1.807, 2.05) is 0 Å². The van der Waals surface area contributed by atoms with E-state index in [1.165, 1.54) is 39.0 Å². The van der Waals surface area contributed by atoms with Crippen LogP contribution in [-0.4, -0.2) is 0 Å². The second-order valence-electron chi connectivity index (χ2n) is 5.91. The van der Waals surface area contributed by atoms with E-state index in [-0.39, 0.29) is 12.4 Å². The van der Waals surface area contributed by atoms with E-state index in [0.717, 1.165) is 12.8 Å². The van der Waals surface area contributed by atoms with Gasteiger partial charge in [0.1, 0.15) is 0 Å². The van der Waals surface area contributed by atoms with Gasteiger partial charge in [-0.1, -0.05) is 67.1 Å². The summed E-state index contributed by atoms with van der Waals surface area (Å²) < 4.78 is 0. The lowest BCUT2D eigenvalue weighted by molar-refractivity contribution is 1.13. The van der Waals surface area contributed by atoms with Crippen LogP contribution in [0.1, 0.15) is 42.5 Å². The molecular weight excluding hydrogens is 288 g/mol. The average Bonchev–Trinajstić information content (AvgIpc) is 2.89. The number of allylic oxidation sites excluding steroid dienone is 4. The molecule has 0 amide bonds. The fraction of sp³-hybridized carbons (Fsp3) is 0.238. The minimum absolute atomic E-state index is 0. The predicted octanol–water partition coefficient (Wildman–Crippen LogP) is 6.24. The molecule has 0 radical (unpaired) electrons. The number of hydrogen-bond donors (Lipinski definition) is 0. The first-order valence-corrected chi connectivity index (χ1v) is 7.74. The van der Waals surface area contributed by atoms with Gasteiger partial charge in [0.2, 0.25) is 0 Å². The van der Waals surface area contributed by atoms with Crippen molar-refractivity contribution < 1.29 is 0 Å². The molecule has 0 aromatic heterocycles. The topological polar surface area (TPSA) is 0 Å². The Kier molecular flexibility index (Phi) is 5.26. The van der Waals surface area contributed by atoms with Crippen molar-refractivity contribution in [2.45, 2.75) is 33.6 Å². The van der Waals surface area contributed by atoms with Gasteiger partial charge in [-0.2, -0.15) is 0 Å². The molecule has 0 N–H and O–H groups in total. The fourth-order valence-electron chi connectivity index (χ4n) is 3.16. The van der Waals surface area contributed by atoms with Gasteiger partial charge in [-0.3, -0.25) is 0 Å². The zero-order chi connectivity index (χ0) is 14.8. The lowest BCUT2D eigenvalue weighted by atomic mass is 9.96. The Labute approximate surface area is 140 Å². The summed E-state index contributed by atoms with van der Waals surface area (Å²) in [5.41, 5.74) is 9.85. The van der Waals surface area contributed by atoms with Gasteiger partial charge >= 0.3 is 0 Å². The smallest absolute Gasteiger partial charge is 0.00544 e. The van der Waals surface area contributed by atoms with Crippen molar-refractivity contribution in [3.05, 3.63) is 82.4 Å². The quantitative estimate of drug-likeness (QED) is 0.629. The molecule has 1 aliphatic carbocycles. The van der Waals surface area contributed by atoms with Crippen molar-refractivity contribution in [2.24, 2.45) is 0 Å². The standard InChI is InChI=1S/C21H22.ClH/c1-4-17-10-11-20(15(2)12-17)19-13-16(3)21(14-19)18-8-6-5-7-9-18;/h5-12,14H,4,13H2,1-3H3;1H. The van der Waals surface area contributed by atoms with Crippen molar-refractivity contribution in [3.8, 4) is 0 Å². The Bertz CT molecular complexity index is 721. The van der Waals surface area contributed by atoms with Crippen LogP contribution in [0, 0.1) is 6.92 Å². The first-order chi connectivity index (χ1) is 10.2. The van der Waals surface area contributed by atoms with Crippen molar-refractivity contribution in [2.75, 3.05) is 0 Å². The highest BCUT2D eigenvalue weighted by Crippen LogP contribution is 2.38. The van der Waals surface area contributed by atoms with Gasteiger partial charge in [0.15, 0.2) is 0 Å². The summed E-state index contributed by atoms with van der Waals surface area (Å²) in [6.07, 6.45) is 4.54. The van der Waals surface area contributed by atoms with E-state index >= 15 is 0 Å². The summed E-state index contributed by atoms with van der Waals surface area (Å²) in [6, 6.07) is 17.6. The van der Waals surface area contributed by atoms with Crippen molar-refractivity contribution >= 4 is 23.6 Å². The summed E-state index contributed by atoms with van der Waals surface area (Å²) >= 11 is 0. The maximum absolute atomic E-state index is 2.37. The minimum Gasteiger partial charge on any atom is -0.147 e. The van der Waals surface area contributed by atoms with Crippen molar-refractivity contribution in [1.29, 1.82) is 0 Å². The molecule has 0 spiro atoms. The third-order valence-corrected chi connectivity index (χ3v) is 4.36. The van der Waals surface area contributed by atoms with Crippen LogP contribution in [0.4, 0.5) is 0 Å². The molecule has 3 rings (SSSR count). The Morgan fingerprint density at radius 1 is 0.955 bits per heavy atom. The largest absolute Gasteiger partial charge is 0.147 e. The molecule has 1 aliphatic rings. The van der Waals surface area contributed by atoms with E-state index < -0.39 is 0 Å². The van der Waals surface area contributed by atoms with Gasteiger partial charge in [-0.25, -0.2) is 0 Å². The first-order valence-electron chi connectivity index (χ1n) is 7.74. The summed E-state index contributed by atoms with van der Waals surface area (Å²) in [6.45, 7) is 6.69. The van der Waals surface area contributed by atoms with E-state index in [2.05, 4.69) is 75.4 Å². The van der Waals surface area contributed by atoms with Gasteiger partial charge in [-0.15, -0.1) is 12.4 Å². The van der Waals surface area contributed by atoms with Gasteiger partial charge in [-0.05, 0) is 60.1 Å². The van der Waals surface area contributed by atoms with Crippen LogP contribution in [0.5, 0.6) is 0 Å². The second kappa shape index (κ2) is 6.98. The number of aryl methyl sites for hydroxylation is 2. The van der Waals surface area contributed by atoms with Crippen molar-refractivity contribution in [1.82, 2.24) is 0 Å². The SMILES string of the molecule is CCc1ccc(C2=CC(c3ccccc3)=C(C)C2)c(C)c1.Cl. The van der Waals surface area contributed by atoms with Gasteiger partial charge < -0.3 is 0 Å². The molecule has 2 aromatic carbocycles. The number of hydrogen-bond acceptors (Lipinski definition) is 0. The molecule has 0 aliphatic heterocycles. The summed E-state index contributed by atoms with van der Waals surface area (Å²) in [5, 5.41) is 0. The molecule has 0 heterocycles. The zero-order valence-electron chi connectivity index (χ0n) is 13.5. The van der Waals surface area contributed by atoms with Crippen LogP contribution in [0.3, 0.4) is 0 Å². The summed E-state index contributed by atoms with van der Waals surface area (Å²) in [5.74, 6) is 0. The van der Waals surface area contributed by atoms with Crippen LogP contribution in [0.2, 0.25) is 0 Å². The fourth-order valence-corrected chi connectivity index (χ4v) is 3.16. The molecule has 0 bridgehead atoms. The van der Waals surface area contributed by atoms with Crippen LogP contribution < -0.4 is 0 Å². The maximum Gasteiger partial charge on any atom is -0.00544 e. The number of rotatable bonds is 3. The lowest BCUT2D eigenvalue weighted by Crippen LogP contribution is -1.90. The Morgan fingerprint density at radius 2 is 1.68 bits per heavy atom. The molecule has 114 valence electrons. The Hall–Kier alpha value is -1.79. The van der Waals surface area contributed by atoms with Gasteiger partial charge in [0.05, 0.1) is 0 Å². The van der Waals surface area contributed by atoms with Crippen LogP contribution in [0.15, 0.2) is 60.2 Å². The van der Waals surface area contributed by atoms with Gasteiger partial charge in [0.25, 0.3) is 0 Å². The minimum atomic E-state index is 0. The molecule has 0 saturated heterocycles. The van der Waals surface area contributed by atoms with Crippen LogP contribution >= 0.6 is 12.4 Å². The Balaban J connectivity index is 0.00000176. The maximum atomic E-state index is 2.37. The monoisotopic (exact) mass is 310 g/mol. The van der Waals surface area contributed by atoms with E-state index in [4.69, 9.17) is 0 Å². The normalized spacial score (nSPS) is 13.9. The Morgan fingerprint density at radius 3 is 2.32 bits per heavy atom. The lowest BCUT2D eigenvalue weighted by Gasteiger charge is -2.09. The first kappa shape index (κ1) is 16.6. The van der Waals surface area contributed by atoms with Gasteiger partial charge in [0, 0.05) is 0 Å². The molecule has 22 heavy (non-hydrogen) atoms. The highest BCUT2D eigenvalue weighted by molar-refractivity contribution is 5.92. The molecule has 0 fully saturated rings. The summed E-state index contributed by atoms with van der Waals surface area (Å²) in [7, 11) is 0. The molecule has 0 atom stereocenters. The highest BCUT2D eigenvalue weighted by Gasteiger charge is 2.16. The zero-order valence-corrected chi connectivity index (χ0v) is 14.3. The molecule has 0 nitrogen and oxygen atoms in total. The number of benzene rings is 2. The van der Waals surface area contributed by atoms with Crippen LogP contribution in [-0.2, 0) is 6.42 Å². The predicted molar refractivity (Wildman–Crippen MR) is 99.4 cm³/mol. The van der Waals surface area contributed by atoms with E-state index in [0.29, 0.717) is 0 Å². The third-order valence-electron chi connectivity index (χ3n) is 4.36. The third kappa shape index (κ3) is 3.18. The number of halogens is 1.